The van der Waals surface area contributed by atoms with Crippen LogP contribution >= 0.6 is 11.6 Å². The fourth-order valence-electron chi connectivity index (χ4n) is 2.66. The molecule has 2 aromatic carbocycles. The second kappa shape index (κ2) is 7.43. The monoisotopic (exact) mass is 332 g/mol. The summed E-state index contributed by atoms with van der Waals surface area (Å²) < 4.78 is 0. The Balaban J connectivity index is 1.70. The summed E-state index contributed by atoms with van der Waals surface area (Å²) >= 11 is 5.90. The number of halogens is 1. The first kappa shape index (κ1) is 16.4. The van der Waals surface area contributed by atoms with Crippen molar-refractivity contribution in [3.05, 3.63) is 77.7 Å². The molecule has 3 atom stereocenters. The first-order valence-electron chi connectivity index (χ1n) is 7.53. The van der Waals surface area contributed by atoms with Crippen molar-refractivity contribution in [2.75, 3.05) is 6.61 Å². The van der Waals surface area contributed by atoms with Gasteiger partial charge >= 0.3 is 0 Å². The molecule has 1 N–H and O–H groups in total. The van der Waals surface area contributed by atoms with Gasteiger partial charge in [0.05, 0.1) is 6.04 Å². The third-order valence-corrected chi connectivity index (χ3v) is 4.24. The summed E-state index contributed by atoms with van der Waals surface area (Å²) in [4.78, 5) is 10.3. The van der Waals surface area contributed by atoms with Gasteiger partial charge < -0.3 is 5.11 Å². The number of nitrogens with zero attached hydrogens (tertiary/aromatic N) is 1. The number of hydrogen-bond donors (Lipinski definition) is 1. The molecule has 0 saturated carbocycles. The van der Waals surface area contributed by atoms with Crippen molar-refractivity contribution < 1.29 is 15.0 Å². The van der Waals surface area contributed by atoms with Crippen LogP contribution in [-0.2, 0) is 16.3 Å². The van der Waals surface area contributed by atoms with Gasteiger partial charge in [0, 0.05) is 10.9 Å². The minimum absolute atomic E-state index is 0.0658. The van der Waals surface area contributed by atoms with E-state index in [1.165, 1.54) is 5.06 Å². The highest BCUT2D eigenvalue weighted by Crippen LogP contribution is 2.27. The Labute approximate surface area is 141 Å². The SMILES string of the molecule is [CH2]C(c1ccc(Cl)cc1)C(O)N1OOC[C@H]1Cc1ccccc1. The summed E-state index contributed by atoms with van der Waals surface area (Å²) in [5.74, 6) is -0.382. The van der Waals surface area contributed by atoms with Crippen LogP contribution < -0.4 is 0 Å². The fraction of sp³-hybridized carbons (Fsp3) is 0.278. The summed E-state index contributed by atoms with van der Waals surface area (Å²) in [6, 6.07) is 17.3. The predicted octanol–water partition coefficient (Wildman–Crippen LogP) is 3.37. The zero-order valence-corrected chi connectivity index (χ0v) is 13.4. The van der Waals surface area contributed by atoms with E-state index in [0.717, 1.165) is 17.5 Å². The first-order valence-corrected chi connectivity index (χ1v) is 7.91. The molecule has 0 aromatic heterocycles. The van der Waals surface area contributed by atoms with Gasteiger partial charge in [0.25, 0.3) is 0 Å². The Morgan fingerprint density at radius 1 is 1.17 bits per heavy atom. The number of aliphatic hydroxyl groups is 1. The summed E-state index contributed by atoms with van der Waals surface area (Å²) in [5.41, 5.74) is 2.05. The molecule has 1 aliphatic rings. The highest BCUT2D eigenvalue weighted by Gasteiger charge is 2.36. The third kappa shape index (κ3) is 3.91. The van der Waals surface area contributed by atoms with Crippen LogP contribution in [0.5, 0.6) is 0 Å². The molecule has 23 heavy (non-hydrogen) atoms. The molecule has 5 heteroatoms. The van der Waals surface area contributed by atoms with Crippen LogP contribution in [0.4, 0.5) is 0 Å². The van der Waals surface area contributed by atoms with Gasteiger partial charge in [-0.1, -0.05) is 54.1 Å². The summed E-state index contributed by atoms with van der Waals surface area (Å²) in [5, 5.41) is 12.8. The lowest BCUT2D eigenvalue weighted by atomic mass is 9.98. The number of hydrogen-bond acceptors (Lipinski definition) is 4. The van der Waals surface area contributed by atoms with E-state index < -0.39 is 6.23 Å². The molecule has 1 fully saturated rings. The normalized spacial score (nSPS) is 21.3. The maximum atomic E-state index is 10.6. The van der Waals surface area contributed by atoms with E-state index in [2.05, 4.69) is 6.92 Å². The molecule has 2 aromatic rings. The second-order valence-electron chi connectivity index (χ2n) is 5.63. The Morgan fingerprint density at radius 3 is 2.57 bits per heavy atom. The van der Waals surface area contributed by atoms with Crippen LogP contribution in [0.15, 0.2) is 54.6 Å². The summed E-state index contributed by atoms with van der Waals surface area (Å²) in [6.45, 7) is 4.46. The fourth-order valence-corrected chi connectivity index (χ4v) is 2.78. The molecule has 0 amide bonds. The third-order valence-electron chi connectivity index (χ3n) is 3.99. The Morgan fingerprint density at radius 2 is 1.87 bits per heavy atom. The first-order chi connectivity index (χ1) is 11.1. The maximum absolute atomic E-state index is 10.6. The molecular weight excluding hydrogens is 314 g/mol. The van der Waals surface area contributed by atoms with Gasteiger partial charge in [-0.25, -0.2) is 4.89 Å². The molecule has 1 aliphatic heterocycles. The van der Waals surface area contributed by atoms with Gasteiger partial charge in [-0.05, 0) is 36.6 Å². The smallest absolute Gasteiger partial charge is 0.140 e. The summed E-state index contributed by atoms with van der Waals surface area (Å²) in [6.07, 6.45) is -0.182. The van der Waals surface area contributed by atoms with E-state index >= 15 is 0 Å². The van der Waals surface area contributed by atoms with E-state index in [1.807, 2.05) is 42.5 Å². The molecule has 0 spiro atoms. The molecule has 4 nitrogen and oxygen atoms in total. The van der Waals surface area contributed by atoms with Gasteiger partial charge in [-0.3, -0.25) is 0 Å². The van der Waals surface area contributed by atoms with Crippen molar-refractivity contribution in [1.29, 1.82) is 0 Å². The highest BCUT2D eigenvalue weighted by atomic mass is 35.5. The van der Waals surface area contributed by atoms with Crippen molar-refractivity contribution in [2.24, 2.45) is 0 Å². The number of benzene rings is 2. The van der Waals surface area contributed by atoms with Gasteiger partial charge in [0.15, 0.2) is 0 Å². The molecule has 121 valence electrons. The lowest BCUT2D eigenvalue weighted by Crippen LogP contribution is -2.43. The Kier molecular flexibility index (Phi) is 5.30. The van der Waals surface area contributed by atoms with E-state index in [0.29, 0.717) is 11.6 Å². The number of aliphatic hydroxyl groups excluding tert-OH is 1. The van der Waals surface area contributed by atoms with Gasteiger partial charge in [0.1, 0.15) is 12.8 Å². The molecule has 1 radical (unpaired) electrons. The van der Waals surface area contributed by atoms with E-state index in [1.54, 1.807) is 12.1 Å². The zero-order valence-electron chi connectivity index (χ0n) is 12.6. The van der Waals surface area contributed by atoms with Crippen molar-refractivity contribution in [1.82, 2.24) is 5.06 Å². The van der Waals surface area contributed by atoms with Gasteiger partial charge in [0.2, 0.25) is 0 Å². The van der Waals surface area contributed by atoms with Crippen LogP contribution in [0, 0.1) is 6.92 Å². The molecule has 0 aliphatic carbocycles. The van der Waals surface area contributed by atoms with Crippen LogP contribution in [0.1, 0.15) is 17.0 Å². The average Bonchev–Trinajstić information content (AvgIpc) is 3.03. The minimum Gasteiger partial charge on any atom is -0.375 e. The predicted molar refractivity (Wildman–Crippen MR) is 88.4 cm³/mol. The quantitative estimate of drug-likeness (QED) is 0.852. The van der Waals surface area contributed by atoms with E-state index in [9.17, 15) is 5.11 Å². The largest absolute Gasteiger partial charge is 0.375 e. The average molecular weight is 333 g/mol. The zero-order chi connectivity index (χ0) is 16.2. The van der Waals surface area contributed by atoms with Gasteiger partial charge in [-0.15, -0.1) is 10.1 Å². The van der Waals surface area contributed by atoms with Crippen LogP contribution in [0.2, 0.25) is 5.02 Å². The highest BCUT2D eigenvalue weighted by molar-refractivity contribution is 6.30. The Bertz CT molecular complexity index is 620. The lowest BCUT2D eigenvalue weighted by molar-refractivity contribution is -0.403. The minimum atomic E-state index is -0.910. The molecule has 0 bridgehead atoms. The topological polar surface area (TPSA) is 41.9 Å². The lowest BCUT2D eigenvalue weighted by Gasteiger charge is -2.29. The van der Waals surface area contributed by atoms with Crippen molar-refractivity contribution in [2.45, 2.75) is 24.6 Å². The molecule has 1 saturated heterocycles. The molecule has 3 rings (SSSR count). The molecule has 2 unspecified atom stereocenters. The molecule has 1 heterocycles. The van der Waals surface area contributed by atoms with Crippen molar-refractivity contribution >= 4 is 11.6 Å². The molecular formula is C18H19ClNO3. The van der Waals surface area contributed by atoms with Crippen LogP contribution in [0.3, 0.4) is 0 Å². The Hall–Kier alpha value is -1.43. The standard InChI is InChI=1S/C18H19ClNO3/c1-13(15-7-9-16(19)10-8-15)18(21)20-17(12-22-23-20)11-14-5-3-2-4-6-14/h2-10,13,17-18,21H,1,11-12H2/t13?,17-,18?/m1/s1. The van der Waals surface area contributed by atoms with Crippen molar-refractivity contribution in [3.8, 4) is 0 Å². The van der Waals surface area contributed by atoms with E-state index in [4.69, 9.17) is 21.5 Å². The van der Waals surface area contributed by atoms with Gasteiger partial charge in [-0.2, -0.15) is 0 Å². The second-order valence-corrected chi connectivity index (χ2v) is 6.07. The van der Waals surface area contributed by atoms with Crippen molar-refractivity contribution in [3.63, 3.8) is 0 Å². The van der Waals surface area contributed by atoms with Crippen LogP contribution in [0.25, 0.3) is 0 Å². The number of hydroxylamine groups is 2. The van der Waals surface area contributed by atoms with Crippen LogP contribution in [-0.4, -0.2) is 29.0 Å². The van der Waals surface area contributed by atoms with E-state index in [-0.39, 0.29) is 12.0 Å². The number of rotatable bonds is 5. The maximum Gasteiger partial charge on any atom is 0.140 e. The summed E-state index contributed by atoms with van der Waals surface area (Å²) in [7, 11) is 0.